The van der Waals surface area contributed by atoms with E-state index >= 15 is 0 Å². The lowest BCUT2D eigenvalue weighted by Crippen LogP contribution is -1.75. The van der Waals surface area contributed by atoms with Crippen LogP contribution in [0.25, 0.3) is 10.4 Å². The van der Waals surface area contributed by atoms with Gasteiger partial charge >= 0.3 is 0 Å². The molecule has 0 atom stereocenters. The minimum atomic E-state index is 1.04. The van der Waals surface area contributed by atoms with Crippen LogP contribution in [-0.2, 0) is 0 Å². The molecule has 0 amide bonds. The van der Waals surface area contributed by atoms with E-state index in [0.29, 0.717) is 0 Å². The average Bonchev–Trinajstić information content (AvgIpc) is 2.67. The van der Waals surface area contributed by atoms with Gasteiger partial charge in [0, 0.05) is 10.4 Å². The Morgan fingerprint density at radius 3 is 2.33 bits per heavy atom. The van der Waals surface area contributed by atoms with E-state index in [2.05, 4.69) is 42.7 Å². The van der Waals surface area contributed by atoms with Crippen LogP contribution >= 0.6 is 24.0 Å². The predicted octanol–water partition coefficient (Wildman–Crippen LogP) is 4.08. The number of hydrogen-bond donors (Lipinski definition) is 1. The molecule has 2 aromatic rings. The molecule has 15 heavy (non-hydrogen) atoms. The summed E-state index contributed by atoms with van der Waals surface area (Å²) < 4.78 is 1.04. The fourth-order valence-corrected chi connectivity index (χ4v) is 2.47. The van der Waals surface area contributed by atoms with E-state index in [1.807, 2.05) is 25.1 Å². The number of thiol groups is 1. The van der Waals surface area contributed by atoms with E-state index in [1.54, 1.807) is 11.3 Å². The smallest absolute Gasteiger partial charge is 0.0574 e. The van der Waals surface area contributed by atoms with E-state index in [9.17, 15) is 0 Å². The Bertz CT molecular complexity index is 509. The summed E-state index contributed by atoms with van der Waals surface area (Å²) in [5.41, 5.74) is 2.28. The molecule has 0 aliphatic heterocycles. The Morgan fingerprint density at radius 2 is 1.80 bits per heavy atom. The third-order valence-electron chi connectivity index (χ3n) is 2.03. The Balaban J connectivity index is 2.34. The van der Waals surface area contributed by atoms with Gasteiger partial charge in [-0.15, -0.1) is 29.9 Å². The molecule has 0 radical (unpaired) electrons. The molecule has 0 saturated heterocycles. The van der Waals surface area contributed by atoms with Gasteiger partial charge in [0.1, 0.15) is 0 Å². The van der Waals surface area contributed by atoms with Gasteiger partial charge < -0.3 is 0 Å². The van der Waals surface area contributed by atoms with Crippen LogP contribution in [0, 0.1) is 11.8 Å². The number of thiophene rings is 1. The van der Waals surface area contributed by atoms with Crippen molar-refractivity contribution in [2.45, 2.75) is 11.1 Å². The lowest BCUT2D eigenvalue weighted by Gasteiger charge is -1.96. The summed E-state index contributed by atoms with van der Waals surface area (Å²) in [4.78, 5) is 1.25. The maximum Gasteiger partial charge on any atom is 0.0574 e. The molecule has 2 heteroatoms. The van der Waals surface area contributed by atoms with Crippen LogP contribution in [0.15, 0.2) is 40.6 Å². The highest BCUT2D eigenvalue weighted by molar-refractivity contribution is 7.83. The van der Waals surface area contributed by atoms with E-state index in [1.165, 1.54) is 10.4 Å². The predicted molar refractivity (Wildman–Crippen MR) is 69.6 cm³/mol. The maximum absolute atomic E-state index is 4.31. The van der Waals surface area contributed by atoms with Crippen molar-refractivity contribution in [2.24, 2.45) is 0 Å². The van der Waals surface area contributed by atoms with E-state index in [0.717, 1.165) is 9.77 Å². The summed E-state index contributed by atoms with van der Waals surface area (Å²) in [5, 5.41) is 0. The Labute approximate surface area is 99.4 Å². The molecular weight excluding hydrogens is 220 g/mol. The minimum absolute atomic E-state index is 1.04. The minimum Gasteiger partial charge on any atom is -0.133 e. The monoisotopic (exact) mass is 230 g/mol. The highest BCUT2D eigenvalue weighted by Crippen LogP contribution is 2.29. The van der Waals surface area contributed by atoms with Gasteiger partial charge in [-0.3, -0.25) is 0 Å². The lowest BCUT2D eigenvalue weighted by atomic mass is 10.1. The van der Waals surface area contributed by atoms with Crippen molar-refractivity contribution in [3.8, 4) is 22.3 Å². The SMILES string of the molecule is CC#Cc1ccc(-c2ccc(S)s2)cc1. The third-order valence-corrected chi connectivity index (χ3v) is 3.39. The number of rotatable bonds is 1. The van der Waals surface area contributed by atoms with Gasteiger partial charge in [-0.05, 0) is 36.8 Å². The second-order valence-corrected chi connectivity index (χ2v) is 4.96. The van der Waals surface area contributed by atoms with Crippen LogP contribution in [0.2, 0.25) is 0 Å². The second kappa shape index (κ2) is 4.57. The summed E-state index contributed by atoms with van der Waals surface area (Å²) in [6, 6.07) is 12.4. The second-order valence-electron chi connectivity index (χ2n) is 3.09. The van der Waals surface area contributed by atoms with Crippen molar-refractivity contribution in [1.29, 1.82) is 0 Å². The molecule has 74 valence electrons. The molecule has 0 aliphatic rings. The van der Waals surface area contributed by atoms with Crippen LogP contribution in [0.5, 0.6) is 0 Å². The van der Waals surface area contributed by atoms with Crippen LogP contribution in [0.3, 0.4) is 0 Å². The summed E-state index contributed by atoms with van der Waals surface area (Å²) in [7, 11) is 0. The summed E-state index contributed by atoms with van der Waals surface area (Å²) in [5.74, 6) is 5.92. The molecule has 0 spiro atoms. The quantitative estimate of drug-likeness (QED) is 0.554. The Kier molecular flexibility index (Phi) is 3.15. The molecule has 2 rings (SSSR count). The summed E-state index contributed by atoms with van der Waals surface area (Å²) in [6.45, 7) is 1.85. The topological polar surface area (TPSA) is 0 Å². The average molecular weight is 230 g/mol. The van der Waals surface area contributed by atoms with E-state index < -0.39 is 0 Å². The van der Waals surface area contributed by atoms with Gasteiger partial charge in [0.2, 0.25) is 0 Å². The van der Waals surface area contributed by atoms with Crippen LogP contribution in [0.1, 0.15) is 12.5 Å². The lowest BCUT2D eigenvalue weighted by molar-refractivity contribution is 1.64. The van der Waals surface area contributed by atoms with Crippen LogP contribution in [-0.4, -0.2) is 0 Å². The molecule has 0 fully saturated rings. The molecule has 0 saturated carbocycles. The zero-order valence-corrected chi connectivity index (χ0v) is 10.0. The first-order valence-electron chi connectivity index (χ1n) is 4.61. The normalized spacial score (nSPS) is 9.47. The van der Waals surface area contributed by atoms with Crippen LogP contribution < -0.4 is 0 Å². The fraction of sp³-hybridized carbons (Fsp3) is 0.0769. The van der Waals surface area contributed by atoms with Crippen molar-refractivity contribution in [3.05, 3.63) is 42.0 Å². The van der Waals surface area contributed by atoms with Gasteiger partial charge in [0.25, 0.3) is 0 Å². The van der Waals surface area contributed by atoms with Gasteiger partial charge in [0.15, 0.2) is 0 Å². The largest absolute Gasteiger partial charge is 0.133 e. The molecule has 0 aliphatic carbocycles. The van der Waals surface area contributed by atoms with Crippen molar-refractivity contribution in [3.63, 3.8) is 0 Å². The summed E-state index contributed by atoms with van der Waals surface area (Å²) >= 11 is 5.99. The highest BCUT2D eigenvalue weighted by Gasteiger charge is 1.99. The van der Waals surface area contributed by atoms with E-state index in [4.69, 9.17) is 0 Å². The zero-order chi connectivity index (χ0) is 10.7. The molecule has 1 aromatic carbocycles. The highest BCUT2D eigenvalue weighted by atomic mass is 32.2. The first-order chi connectivity index (χ1) is 7.29. The number of benzene rings is 1. The molecule has 0 bridgehead atoms. The van der Waals surface area contributed by atoms with Crippen molar-refractivity contribution in [2.75, 3.05) is 0 Å². The van der Waals surface area contributed by atoms with Crippen molar-refractivity contribution >= 4 is 24.0 Å². The standard InChI is InChI=1S/C13H10S2/c1-2-3-10-4-6-11(7-5-10)12-8-9-13(14)15-12/h4-9,14H,1H3. The molecule has 1 aromatic heterocycles. The number of hydrogen-bond acceptors (Lipinski definition) is 2. The Hall–Kier alpha value is -1.17. The Morgan fingerprint density at radius 1 is 1.07 bits per heavy atom. The first-order valence-corrected chi connectivity index (χ1v) is 5.88. The molecule has 0 N–H and O–H groups in total. The first kappa shape index (κ1) is 10.4. The van der Waals surface area contributed by atoms with Crippen LogP contribution in [0.4, 0.5) is 0 Å². The summed E-state index contributed by atoms with van der Waals surface area (Å²) in [6.07, 6.45) is 0. The maximum atomic E-state index is 4.31. The molecule has 0 unspecified atom stereocenters. The molecule has 1 heterocycles. The van der Waals surface area contributed by atoms with Crippen molar-refractivity contribution < 1.29 is 0 Å². The van der Waals surface area contributed by atoms with Crippen molar-refractivity contribution in [1.82, 2.24) is 0 Å². The van der Waals surface area contributed by atoms with Gasteiger partial charge in [-0.1, -0.05) is 18.1 Å². The molecular formula is C13H10S2. The molecule has 0 nitrogen and oxygen atoms in total. The van der Waals surface area contributed by atoms with E-state index in [-0.39, 0.29) is 0 Å². The zero-order valence-electron chi connectivity index (χ0n) is 8.32. The third kappa shape index (κ3) is 2.44. The fourth-order valence-electron chi connectivity index (χ4n) is 1.34. The van der Waals surface area contributed by atoms with Gasteiger partial charge in [-0.2, -0.15) is 0 Å². The van der Waals surface area contributed by atoms with Gasteiger partial charge in [-0.25, -0.2) is 0 Å². The van der Waals surface area contributed by atoms with Gasteiger partial charge in [0.05, 0.1) is 4.21 Å².